The van der Waals surface area contributed by atoms with Crippen molar-refractivity contribution in [3.63, 3.8) is 0 Å². The number of aromatic nitrogens is 1. The van der Waals surface area contributed by atoms with E-state index in [0.717, 1.165) is 36.0 Å². The predicted molar refractivity (Wildman–Crippen MR) is 77.3 cm³/mol. The van der Waals surface area contributed by atoms with Gasteiger partial charge in [-0.25, -0.2) is 4.79 Å². The number of piperidine rings is 1. The zero-order chi connectivity index (χ0) is 13.9. The molecule has 5 heteroatoms. The van der Waals surface area contributed by atoms with Crippen LogP contribution in [0.4, 0.5) is 4.79 Å². The van der Waals surface area contributed by atoms with Crippen LogP contribution in [0.15, 0.2) is 30.3 Å². The lowest BCUT2D eigenvalue weighted by molar-refractivity contribution is 0.0841. The van der Waals surface area contributed by atoms with Crippen LogP contribution in [0.3, 0.4) is 0 Å². The molecule has 1 atom stereocenters. The molecule has 1 aromatic heterocycles. The fraction of sp³-hybridized carbons (Fsp3) is 0.400. The fourth-order valence-electron chi connectivity index (χ4n) is 2.65. The molecule has 2 heterocycles. The molecule has 1 aliphatic heterocycles. The van der Waals surface area contributed by atoms with Gasteiger partial charge in [0.1, 0.15) is 0 Å². The first-order valence-electron chi connectivity index (χ1n) is 7.00. The van der Waals surface area contributed by atoms with E-state index in [4.69, 9.17) is 0 Å². The summed E-state index contributed by atoms with van der Waals surface area (Å²) in [6, 6.07) is 9.96. The number of para-hydroxylation sites is 1. The number of urea groups is 1. The minimum absolute atomic E-state index is 0.109. The predicted octanol–water partition coefficient (Wildman–Crippen LogP) is 1.83. The molecule has 5 nitrogen and oxygen atoms in total. The highest BCUT2D eigenvalue weighted by molar-refractivity contribution is 5.80. The number of hydrogen-bond acceptors (Lipinski definition) is 2. The molecule has 106 valence electrons. The highest BCUT2D eigenvalue weighted by atomic mass is 16.3. The summed E-state index contributed by atoms with van der Waals surface area (Å²) in [5, 5.41) is 13.6. The number of aliphatic hydroxyl groups excluding tert-OH is 1. The normalized spacial score (nSPS) is 19.2. The summed E-state index contributed by atoms with van der Waals surface area (Å²) in [7, 11) is 0. The number of nitrogens with zero attached hydrogens (tertiary/aromatic N) is 1. The molecule has 0 spiro atoms. The molecule has 1 saturated heterocycles. The van der Waals surface area contributed by atoms with Gasteiger partial charge in [0, 0.05) is 24.3 Å². The lowest BCUT2D eigenvalue weighted by atomic mass is 10.1. The smallest absolute Gasteiger partial charge is 0.317 e. The van der Waals surface area contributed by atoms with Gasteiger partial charge in [-0.05, 0) is 30.4 Å². The third-order valence-electron chi connectivity index (χ3n) is 3.70. The van der Waals surface area contributed by atoms with Crippen molar-refractivity contribution in [2.75, 3.05) is 13.1 Å². The zero-order valence-corrected chi connectivity index (χ0v) is 11.3. The summed E-state index contributed by atoms with van der Waals surface area (Å²) in [4.78, 5) is 17.0. The highest BCUT2D eigenvalue weighted by Gasteiger charge is 2.21. The number of nitrogens with one attached hydrogen (secondary N) is 2. The molecule has 3 N–H and O–H groups in total. The second-order valence-corrected chi connectivity index (χ2v) is 5.28. The molecule has 0 saturated carbocycles. The molecular weight excluding hydrogens is 254 g/mol. The number of aromatic amines is 1. The second-order valence-electron chi connectivity index (χ2n) is 5.28. The zero-order valence-electron chi connectivity index (χ0n) is 11.3. The summed E-state index contributed by atoms with van der Waals surface area (Å²) < 4.78 is 0. The molecule has 1 unspecified atom stereocenters. The lowest BCUT2D eigenvalue weighted by Crippen LogP contribution is -2.46. The molecule has 0 bridgehead atoms. The van der Waals surface area contributed by atoms with Crippen molar-refractivity contribution < 1.29 is 9.90 Å². The molecule has 1 aliphatic rings. The number of amides is 2. The van der Waals surface area contributed by atoms with Gasteiger partial charge in [0.15, 0.2) is 0 Å². The third kappa shape index (κ3) is 2.77. The van der Waals surface area contributed by atoms with Crippen LogP contribution in [0.1, 0.15) is 18.5 Å². The van der Waals surface area contributed by atoms with Crippen LogP contribution < -0.4 is 5.32 Å². The van der Waals surface area contributed by atoms with E-state index in [1.54, 1.807) is 4.90 Å². The number of H-pyrrole nitrogens is 1. The van der Waals surface area contributed by atoms with Crippen LogP contribution >= 0.6 is 0 Å². The molecule has 0 radical (unpaired) electrons. The van der Waals surface area contributed by atoms with E-state index in [1.807, 2.05) is 30.3 Å². The number of aliphatic hydroxyl groups is 1. The van der Waals surface area contributed by atoms with Gasteiger partial charge in [0.25, 0.3) is 0 Å². The summed E-state index contributed by atoms with van der Waals surface area (Å²) in [6.45, 7) is 1.62. The van der Waals surface area contributed by atoms with Crippen LogP contribution in [0, 0.1) is 0 Å². The number of β-amino-alcohol motifs (C(OH)–C–C–N with tert-alkyl or cyclic N) is 1. The SMILES string of the molecule is O=C(NCc1cc2ccccc2[nH]1)N1CCCC(O)C1. The van der Waals surface area contributed by atoms with Crippen LogP contribution in [0.2, 0.25) is 0 Å². The van der Waals surface area contributed by atoms with E-state index < -0.39 is 0 Å². The van der Waals surface area contributed by atoms with Gasteiger partial charge in [-0.3, -0.25) is 0 Å². The van der Waals surface area contributed by atoms with Gasteiger partial charge in [0.2, 0.25) is 0 Å². The minimum Gasteiger partial charge on any atom is -0.391 e. The maximum atomic E-state index is 12.0. The Morgan fingerprint density at radius 2 is 2.30 bits per heavy atom. The van der Waals surface area contributed by atoms with Crippen LogP contribution in [-0.2, 0) is 6.54 Å². The number of benzene rings is 1. The Labute approximate surface area is 117 Å². The molecule has 0 aliphatic carbocycles. The topological polar surface area (TPSA) is 68.4 Å². The van der Waals surface area contributed by atoms with E-state index in [-0.39, 0.29) is 12.1 Å². The molecule has 20 heavy (non-hydrogen) atoms. The highest BCUT2D eigenvalue weighted by Crippen LogP contribution is 2.15. The van der Waals surface area contributed by atoms with Gasteiger partial charge < -0.3 is 20.3 Å². The van der Waals surface area contributed by atoms with E-state index in [9.17, 15) is 9.90 Å². The molecule has 3 rings (SSSR count). The molecular formula is C15H19N3O2. The fourth-order valence-corrected chi connectivity index (χ4v) is 2.65. The van der Waals surface area contributed by atoms with E-state index >= 15 is 0 Å². The summed E-state index contributed by atoms with van der Waals surface area (Å²) in [6.07, 6.45) is 1.26. The van der Waals surface area contributed by atoms with Crippen molar-refractivity contribution in [3.8, 4) is 0 Å². The Hall–Kier alpha value is -2.01. The number of carbonyl (C=O) groups is 1. The van der Waals surface area contributed by atoms with Gasteiger partial charge in [-0.1, -0.05) is 18.2 Å². The monoisotopic (exact) mass is 273 g/mol. The quantitative estimate of drug-likeness (QED) is 0.781. The number of hydrogen-bond donors (Lipinski definition) is 3. The third-order valence-corrected chi connectivity index (χ3v) is 3.70. The Morgan fingerprint density at radius 3 is 3.10 bits per heavy atom. The van der Waals surface area contributed by atoms with E-state index in [0.29, 0.717) is 13.1 Å². The van der Waals surface area contributed by atoms with Gasteiger partial charge in [0.05, 0.1) is 12.6 Å². The van der Waals surface area contributed by atoms with E-state index in [2.05, 4.69) is 10.3 Å². The van der Waals surface area contributed by atoms with Crippen molar-refractivity contribution in [1.82, 2.24) is 15.2 Å². The van der Waals surface area contributed by atoms with E-state index in [1.165, 1.54) is 0 Å². The number of carbonyl (C=O) groups excluding carboxylic acids is 1. The molecule has 1 aromatic carbocycles. The van der Waals surface area contributed by atoms with Crippen molar-refractivity contribution >= 4 is 16.9 Å². The second kappa shape index (κ2) is 5.54. The number of fused-ring (bicyclic) bond motifs is 1. The Kier molecular flexibility index (Phi) is 3.60. The summed E-state index contributed by atoms with van der Waals surface area (Å²) in [5.41, 5.74) is 2.06. The summed E-state index contributed by atoms with van der Waals surface area (Å²) in [5.74, 6) is 0. The van der Waals surface area contributed by atoms with Crippen LogP contribution in [0.5, 0.6) is 0 Å². The Morgan fingerprint density at radius 1 is 1.45 bits per heavy atom. The summed E-state index contributed by atoms with van der Waals surface area (Å²) >= 11 is 0. The van der Waals surface area contributed by atoms with Gasteiger partial charge >= 0.3 is 6.03 Å². The largest absolute Gasteiger partial charge is 0.391 e. The van der Waals surface area contributed by atoms with Gasteiger partial charge in [-0.15, -0.1) is 0 Å². The number of rotatable bonds is 2. The van der Waals surface area contributed by atoms with Crippen molar-refractivity contribution in [2.24, 2.45) is 0 Å². The standard InChI is InChI=1S/C15H19N3O2/c19-13-5-3-7-18(10-13)15(20)16-9-12-8-11-4-1-2-6-14(11)17-12/h1-2,4,6,8,13,17,19H,3,5,7,9-10H2,(H,16,20). The number of likely N-dealkylation sites (tertiary alicyclic amines) is 1. The molecule has 2 aromatic rings. The first-order chi connectivity index (χ1) is 9.72. The molecule has 2 amide bonds. The van der Waals surface area contributed by atoms with Gasteiger partial charge in [-0.2, -0.15) is 0 Å². The maximum absolute atomic E-state index is 12.0. The lowest BCUT2D eigenvalue weighted by Gasteiger charge is -2.30. The van der Waals surface area contributed by atoms with Crippen LogP contribution in [0.25, 0.3) is 10.9 Å². The van der Waals surface area contributed by atoms with Crippen molar-refractivity contribution in [2.45, 2.75) is 25.5 Å². The first kappa shape index (κ1) is 13.0. The average Bonchev–Trinajstić information content (AvgIpc) is 2.87. The van der Waals surface area contributed by atoms with Crippen molar-refractivity contribution in [3.05, 3.63) is 36.0 Å². The Balaban J connectivity index is 1.59. The minimum atomic E-state index is -0.387. The maximum Gasteiger partial charge on any atom is 0.317 e. The van der Waals surface area contributed by atoms with Crippen LogP contribution in [-0.4, -0.2) is 40.2 Å². The van der Waals surface area contributed by atoms with Crippen molar-refractivity contribution in [1.29, 1.82) is 0 Å². The molecule has 1 fully saturated rings. The average molecular weight is 273 g/mol. The Bertz CT molecular complexity index is 575. The first-order valence-corrected chi connectivity index (χ1v) is 7.00.